The second kappa shape index (κ2) is 5.63. The van der Waals surface area contributed by atoms with E-state index in [9.17, 15) is 9.59 Å². The number of carboxylic acids is 1. The summed E-state index contributed by atoms with van der Waals surface area (Å²) in [5.41, 5.74) is 0. The molecule has 1 atom stereocenters. The van der Waals surface area contributed by atoms with Gasteiger partial charge in [0.2, 0.25) is 0 Å². The number of hydrogen-bond acceptors (Lipinski definition) is 3. The number of rotatable bonds is 5. The number of hydrogen-bond donors (Lipinski definition) is 1. The van der Waals surface area contributed by atoms with Gasteiger partial charge >= 0.3 is 5.97 Å². The number of aliphatic carboxylic acids is 1. The molecule has 1 N–H and O–H groups in total. The molecule has 0 rings (SSSR count). The summed E-state index contributed by atoms with van der Waals surface area (Å²) >= 11 is 0. The molecular formula is C7H11BO4. The second-order valence-corrected chi connectivity index (χ2v) is 2.29. The highest BCUT2D eigenvalue weighted by atomic mass is 16.5. The van der Waals surface area contributed by atoms with Gasteiger partial charge in [-0.25, -0.2) is 0 Å². The van der Waals surface area contributed by atoms with Gasteiger partial charge in [0, 0.05) is 12.2 Å². The number of esters is 1. The van der Waals surface area contributed by atoms with E-state index in [1.807, 2.05) is 0 Å². The minimum Gasteiger partial charge on any atom is -0.481 e. The fraction of sp³-hybridized carbons (Fsp3) is 0.714. The van der Waals surface area contributed by atoms with Crippen molar-refractivity contribution in [2.75, 3.05) is 6.61 Å². The van der Waals surface area contributed by atoms with Crippen LogP contribution in [-0.4, -0.2) is 31.5 Å². The fourth-order valence-electron chi connectivity index (χ4n) is 0.646. The predicted octanol–water partition coefficient (Wildman–Crippen LogP) is 0.371. The first kappa shape index (κ1) is 11.0. The summed E-state index contributed by atoms with van der Waals surface area (Å²) in [6.45, 7) is 1.93. The first-order valence-corrected chi connectivity index (χ1v) is 3.72. The van der Waals surface area contributed by atoms with E-state index in [2.05, 4.69) is 4.74 Å². The van der Waals surface area contributed by atoms with Gasteiger partial charge in [-0.05, 0) is 13.3 Å². The van der Waals surface area contributed by atoms with Crippen LogP contribution in [0.3, 0.4) is 0 Å². The van der Waals surface area contributed by atoms with Crippen LogP contribution in [0.5, 0.6) is 0 Å². The minimum atomic E-state index is -0.963. The van der Waals surface area contributed by atoms with Crippen molar-refractivity contribution < 1.29 is 19.4 Å². The maximum Gasteiger partial charge on any atom is 0.303 e. The van der Waals surface area contributed by atoms with E-state index in [4.69, 9.17) is 13.0 Å². The molecule has 0 aromatic carbocycles. The first-order valence-electron chi connectivity index (χ1n) is 3.72. The minimum absolute atomic E-state index is 0.111. The lowest BCUT2D eigenvalue weighted by molar-refractivity contribution is -0.143. The lowest BCUT2D eigenvalue weighted by Crippen LogP contribution is -2.13. The molecule has 0 aliphatic rings. The Morgan fingerprint density at radius 3 is 2.58 bits per heavy atom. The van der Waals surface area contributed by atoms with Crippen LogP contribution in [-0.2, 0) is 14.3 Å². The Kier molecular flexibility index (Phi) is 5.16. The lowest BCUT2D eigenvalue weighted by Gasteiger charge is -2.08. The molecule has 0 spiro atoms. The van der Waals surface area contributed by atoms with Gasteiger partial charge in [-0.15, -0.1) is 0 Å². The van der Waals surface area contributed by atoms with Crippen LogP contribution in [0.2, 0.25) is 5.82 Å². The molecule has 1 unspecified atom stereocenters. The highest BCUT2D eigenvalue weighted by Crippen LogP contribution is 2.10. The number of ether oxygens (including phenoxy) is 1. The highest BCUT2D eigenvalue weighted by molar-refractivity contribution is 6.22. The van der Waals surface area contributed by atoms with Gasteiger partial charge in [-0.2, -0.15) is 0 Å². The van der Waals surface area contributed by atoms with Gasteiger partial charge in [0.05, 0.1) is 14.5 Å². The van der Waals surface area contributed by atoms with Crippen molar-refractivity contribution in [1.82, 2.24) is 0 Å². The molecule has 12 heavy (non-hydrogen) atoms. The molecule has 0 amide bonds. The Morgan fingerprint density at radius 2 is 2.17 bits per heavy atom. The van der Waals surface area contributed by atoms with Crippen molar-refractivity contribution in [2.24, 2.45) is 0 Å². The zero-order valence-electron chi connectivity index (χ0n) is 6.95. The smallest absolute Gasteiger partial charge is 0.303 e. The third-order valence-electron chi connectivity index (χ3n) is 1.26. The van der Waals surface area contributed by atoms with Crippen molar-refractivity contribution >= 4 is 19.8 Å². The van der Waals surface area contributed by atoms with Crippen molar-refractivity contribution in [3.05, 3.63) is 0 Å². The van der Waals surface area contributed by atoms with Crippen LogP contribution in [0, 0.1) is 0 Å². The number of carbonyl (C=O) groups is 2. The van der Waals surface area contributed by atoms with E-state index in [1.165, 1.54) is 0 Å². The van der Waals surface area contributed by atoms with Crippen molar-refractivity contribution in [3.63, 3.8) is 0 Å². The Balaban J connectivity index is 3.63. The van der Waals surface area contributed by atoms with E-state index in [0.29, 0.717) is 0 Å². The van der Waals surface area contributed by atoms with Gasteiger partial charge in [0.15, 0.2) is 0 Å². The number of carbonyl (C=O) groups excluding carboxylic acids is 1. The molecule has 0 saturated carbocycles. The molecular weight excluding hydrogens is 159 g/mol. The molecule has 2 radical (unpaired) electrons. The SMILES string of the molecule is [B]C(CCC(=O)O)C(=O)OCC. The van der Waals surface area contributed by atoms with E-state index in [1.54, 1.807) is 6.92 Å². The summed E-state index contributed by atoms with van der Waals surface area (Å²) in [4.78, 5) is 20.9. The van der Waals surface area contributed by atoms with E-state index in [-0.39, 0.29) is 19.4 Å². The van der Waals surface area contributed by atoms with Crippen molar-refractivity contribution in [3.8, 4) is 0 Å². The van der Waals surface area contributed by atoms with Crippen molar-refractivity contribution in [2.45, 2.75) is 25.6 Å². The lowest BCUT2D eigenvalue weighted by atomic mass is 9.83. The maximum atomic E-state index is 10.8. The highest BCUT2D eigenvalue weighted by Gasteiger charge is 2.14. The zero-order valence-corrected chi connectivity index (χ0v) is 6.95. The molecule has 66 valence electrons. The van der Waals surface area contributed by atoms with E-state index in [0.717, 1.165) is 0 Å². The summed E-state index contributed by atoms with van der Waals surface area (Å²) in [7, 11) is 5.31. The summed E-state index contributed by atoms with van der Waals surface area (Å²) < 4.78 is 4.58. The molecule has 4 nitrogen and oxygen atoms in total. The zero-order chi connectivity index (χ0) is 9.56. The standard InChI is InChI=1S/C7H11BO4/c1-2-12-7(11)5(8)3-4-6(9)10/h5H,2-4H2,1H3,(H,9,10). The molecule has 0 aliphatic heterocycles. The Hall–Kier alpha value is -0.995. The third kappa shape index (κ3) is 4.76. The topological polar surface area (TPSA) is 63.6 Å². The van der Waals surface area contributed by atoms with Crippen molar-refractivity contribution in [1.29, 1.82) is 0 Å². The molecule has 0 aromatic rings. The summed E-state index contributed by atoms with van der Waals surface area (Å²) in [5, 5.41) is 8.27. The Morgan fingerprint density at radius 1 is 1.58 bits per heavy atom. The number of carboxylic acid groups (broad SMARTS) is 1. The Bertz CT molecular complexity index is 169. The second-order valence-electron chi connectivity index (χ2n) is 2.29. The van der Waals surface area contributed by atoms with Crippen LogP contribution in [0.1, 0.15) is 19.8 Å². The summed E-state index contributed by atoms with van der Waals surface area (Å²) in [6.07, 6.45) is 0.00808. The van der Waals surface area contributed by atoms with E-state index >= 15 is 0 Å². The molecule has 0 aliphatic carbocycles. The third-order valence-corrected chi connectivity index (χ3v) is 1.26. The van der Waals surface area contributed by atoms with Gasteiger partial charge in [0.1, 0.15) is 0 Å². The normalized spacial score (nSPS) is 12.1. The molecule has 0 aromatic heterocycles. The maximum absolute atomic E-state index is 10.8. The average Bonchev–Trinajstić information content (AvgIpc) is 2.00. The van der Waals surface area contributed by atoms with Gasteiger partial charge in [0.25, 0.3) is 5.97 Å². The monoisotopic (exact) mass is 170 g/mol. The van der Waals surface area contributed by atoms with Crippen LogP contribution >= 0.6 is 0 Å². The van der Waals surface area contributed by atoms with Crippen LogP contribution < -0.4 is 0 Å². The quantitative estimate of drug-likeness (QED) is 0.478. The summed E-state index contributed by atoms with van der Waals surface area (Å²) in [6, 6.07) is 0. The Labute approximate surface area is 72.3 Å². The van der Waals surface area contributed by atoms with Gasteiger partial charge in [-0.1, -0.05) is 0 Å². The summed E-state index contributed by atoms with van der Waals surface area (Å²) in [5.74, 6) is -2.32. The van der Waals surface area contributed by atoms with E-state index < -0.39 is 17.8 Å². The van der Waals surface area contributed by atoms with Crippen LogP contribution in [0.25, 0.3) is 0 Å². The molecule has 0 fully saturated rings. The molecule has 5 heteroatoms. The van der Waals surface area contributed by atoms with Gasteiger partial charge < -0.3 is 9.84 Å². The van der Waals surface area contributed by atoms with Gasteiger partial charge in [-0.3, -0.25) is 9.59 Å². The fourth-order valence-corrected chi connectivity index (χ4v) is 0.646. The average molecular weight is 170 g/mol. The predicted molar refractivity (Wildman–Crippen MR) is 43.0 cm³/mol. The van der Waals surface area contributed by atoms with Crippen LogP contribution in [0.15, 0.2) is 0 Å². The largest absolute Gasteiger partial charge is 0.481 e. The molecule has 0 saturated heterocycles. The first-order chi connectivity index (χ1) is 5.57. The molecule has 0 bridgehead atoms. The van der Waals surface area contributed by atoms with Crippen LogP contribution in [0.4, 0.5) is 0 Å². The molecule has 0 heterocycles.